The van der Waals surface area contributed by atoms with E-state index in [2.05, 4.69) is 21.2 Å². The second-order valence-corrected chi connectivity index (χ2v) is 5.02. The number of pyridine rings is 1. The van der Waals surface area contributed by atoms with Gasteiger partial charge in [0.2, 0.25) is 5.43 Å². The predicted octanol–water partition coefficient (Wildman–Crippen LogP) is 1.75. The predicted molar refractivity (Wildman–Crippen MR) is 71.7 cm³/mol. The number of amides is 1. The van der Waals surface area contributed by atoms with Crippen molar-refractivity contribution in [1.82, 2.24) is 4.57 Å². The molecule has 1 aliphatic rings. The zero-order valence-electron chi connectivity index (χ0n) is 10.1. The summed E-state index contributed by atoms with van der Waals surface area (Å²) >= 11 is 3.20. The van der Waals surface area contributed by atoms with E-state index in [1.165, 1.54) is 0 Å². The van der Waals surface area contributed by atoms with Gasteiger partial charge in [-0.3, -0.25) is 9.59 Å². The first-order valence-electron chi connectivity index (χ1n) is 5.94. The second-order valence-electron chi connectivity index (χ2n) is 4.17. The number of anilines is 1. The van der Waals surface area contributed by atoms with Gasteiger partial charge >= 0.3 is 0 Å². The molecule has 0 radical (unpaired) electrons. The first-order chi connectivity index (χ1) is 8.61. The molecule has 0 bridgehead atoms. The molecular formula is C12H15BrN2O3. The Kier molecular flexibility index (Phi) is 4.19. The average Bonchev–Trinajstić information content (AvgIpc) is 2.88. The minimum absolute atomic E-state index is 0.217. The number of carbonyl (C=O) groups is 1. The molecule has 2 rings (SSSR count). The van der Waals surface area contributed by atoms with E-state index in [4.69, 9.17) is 4.74 Å². The summed E-state index contributed by atoms with van der Waals surface area (Å²) in [6.45, 7) is 3.29. The van der Waals surface area contributed by atoms with Gasteiger partial charge in [-0.1, -0.05) is 0 Å². The van der Waals surface area contributed by atoms with E-state index in [1.54, 1.807) is 12.4 Å². The van der Waals surface area contributed by atoms with Crippen LogP contribution in [0.5, 0.6) is 0 Å². The molecule has 18 heavy (non-hydrogen) atoms. The van der Waals surface area contributed by atoms with E-state index in [1.807, 2.05) is 11.5 Å². The quantitative estimate of drug-likeness (QED) is 0.924. The smallest absolute Gasteiger partial charge is 0.253 e. The van der Waals surface area contributed by atoms with Crippen LogP contribution in [0.2, 0.25) is 0 Å². The van der Waals surface area contributed by atoms with Crippen LogP contribution in [0.3, 0.4) is 0 Å². The zero-order valence-corrected chi connectivity index (χ0v) is 11.7. The summed E-state index contributed by atoms with van der Waals surface area (Å²) in [4.78, 5) is 23.7. The molecule has 6 heteroatoms. The number of aryl methyl sites for hydroxylation is 1. The Bertz CT molecular complexity index is 507. The molecular weight excluding hydrogens is 300 g/mol. The SMILES string of the molecule is CCn1cc(Br)c(=O)c(NC(=O)[C@@H]2CCCO2)c1. The van der Waals surface area contributed by atoms with Crippen LogP contribution in [0.15, 0.2) is 21.7 Å². The summed E-state index contributed by atoms with van der Waals surface area (Å²) in [5, 5.41) is 2.64. The normalized spacial score (nSPS) is 18.9. The van der Waals surface area contributed by atoms with Gasteiger partial charge in [-0.25, -0.2) is 0 Å². The number of halogens is 1. The number of nitrogens with one attached hydrogen (secondary N) is 1. The van der Waals surface area contributed by atoms with Gasteiger partial charge in [0.05, 0.1) is 4.47 Å². The summed E-state index contributed by atoms with van der Waals surface area (Å²) in [5.74, 6) is -0.245. The van der Waals surface area contributed by atoms with Crippen molar-refractivity contribution >= 4 is 27.5 Å². The fourth-order valence-corrected chi connectivity index (χ4v) is 2.34. The van der Waals surface area contributed by atoms with Gasteiger partial charge < -0.3 is 14.6 Å². The van der Waals surface area contributed by atoms with Crippen molar-refractivity contribution in [3.8, 4) is 0 Å². The Labute approximate surface area is 113 Å². The Morgan fingerprint density at radius 3 is 3.00 bits per heavy atom. The van der Waals surface area contributed by atoms with Crippen LogP contribution in [0.25, 0.3) is 0 Å². The molecule has 1 amide bonds. The van der Waals surface area contributed by atoms with Gasteiger partial charge in [-0.15, -0.1) is 0 Å². The highest BCUT2D eigenvalue weighted by atomic mass is 79.9. The molecule has 1 fully saturated rings. The minimum atomic E-state index is -0.432. The fourth-order valence-electron chi connectivity index (χ4n) is 1.86. The summed E-state index contributed by atoms with van der Waals surface area (Å²) in [5.41, 5.74) is 0.0674. The van der Waals surface area contributed by atoms with E-state index in [9.17, 15) is 9.59 Å². The highest BCUT2D eigenvalue weighted by Gasteiger charge is 2.24. The maximum Gasteiger partial charge on any atom is 0.253 e. The number of hydrogen-bond acceptors (Lipinski definition) is 3. The summed E-state index contributed by atoms with van der Waals surface area (Å²) in [6.07, 6.45) is 4.50. The number of aromatic nitrogens is 1. The topological polar surface area (TPSA) is 60.3 Å². The van der Waals surface area contributed by atoms with Crippen LogP contribution in [-0.2, 0) is 16.1 Å². The molecule has 0 aromatic carbocycles. The Balaban J connectivity index is 2.20. The molecule has 0 unspecified atom stereocenters. The van der Waals surface area contributed by atoms with Crippen molar-refractivity contribution in [3.63, 3.8) is 0 Å². The first-order valence-corrected chi connectivity index (χ1v) is 6.73. The highest BCUT2D eigenvalue weighted by molar-refractivity contribution is 9.10. The third-order valence-corrected chi connectivity index (χ3v) is 3.45. The number of rotatable bonds is 3. The van der Waals surface area contributed by atoms with Crippen molar-refractivity contribution in [1.29, 1.82) is 0 Å². The Morgan fingerprint density at radius 1 is 1.61 bits per heavy atom. The fraction of sp³-hybridized carbons (Fsp3) is 0.500. The lowest BCUT2D eigenvalue weighted by atomic mass is 10.2. The van der Waals surface area contributed by atoms with Crippen LogP contribution >= 0.6 is 15.9 Å². The third-order valence-electron chi connectivity index (χ3n) is 2.88. The third kappa shape index (κ3) is 2.81. The van der Waals surface area contributed by atoms with Crippen molar-refractivity contribution in [2.45, 2.75) is 32.4 Å². The molecule has 1 N–H and O–H groups in total. The number of hydrogen-bond donors (Lipinski definition) is 1. The Morgan fingerprint density at radius 2 is 2.39 bits per heavy atom. The highest BCUT2D eigenvalue weighted by Crippen LogP contribution is 2.15. The molecule has 0 aliphatic carbocycles. The summed E-state index contributed by atoms with van der Waals surface area (Å²) < 4.78 is 7.55. The lowest BCUT2D eigenvalue weighted by Gasteiger charge is -2.12. The summed E-state index contributed by atoms with van der Waals surface area (Å²) in [7, 11) is 0. The van der Waals surface area contributed by atoms with Gasteiger partial charge in [0.25, 0.3) is 5.91 Å². The van der Waals surface area contributed by atoms with Crippen LogP contribution in [-0.4, -0.2) is 23.2 Å². The lowest BCUT2D eigenvalue weighted by Crippen LogP contribution is -2.29. The number of ether oxygens (including phenoxy) is 1. The van der Waals surface area contributed by atoms with Crippen molar-refractivity contribution in [2.24, 2.45) is 0 Å². The second kappa shape index (κ2) is 5.67. The number of nitrogens with zero attached hydrogens (tertiary/aromatic N) is 1. The first kappa shape index (κ1) is 13.3. The molecule has 1 saturated heterocycles. The van der Waals surface area contributed by atoms with E-state index >= 15 is 0 Å². The Hall–Kier alpha value is -1.14. The molecule has 1 aliphatic heterocycles. The summed E-state index contributed by atoms with van der Waals surface area (Å²) in [6, 6.07) is 0. The van der Waals surface area contributed by atoms with Crippen LogP contribution in [0.4, 0.5) is 5.69 Å². The van der Waals surface area contributed by atoms with Crippen LogP contribution in [0.1, 0.15) is 19.8 Å². The van der Waals surface area contributed by atoms with Crippen molar-refractivity contribution < 1.29 is 9.53 Å². The molecule has 1 aromatic rings. The monoisotopic (exact) mass is 314 g/mol. The van der Waals surface area contributed by atoms with Gasteiger partial charge in [-0.2, -0.15) is 0 Å². The van der Waals surface area contributed by atoms with E-state index < -0.39 is 6.10 Å². The largest absolute Gasteiger partial charge is 0.368 e. The standard InChI is InChI=1S/C12H15BrN2O3/c1-2-15-6-8(13)11(16)9(7-15)14-12(17)10-4-3-5-18-10/h6-7,10H,2-5H2,1H3,(H,14,17)/t10-/m0/s1. The van der Waals surface area contributed by atoms with Gasteiger partial charge in [0.1, 0.15) is 11.8 Å². The molecule has 0 saturated carbocycles. The molecule has 1 aromatic heterocycles. The van der Waals surface area contributed by atoms with Crippen LogP contribution in [0, 0.1) is 0 Å². The minimum Gasteiger partial charge on any atom is -0.368 e. The van der Waals surface area contributed by atoms with Gasteiger partial charge in [-0.05, 0) is 35.7 Å². The van der Waals surface area contributed by atoms with E-state index in [-0.39, 0.29) is 17.0 Å². The maximum absolute atomic E-state index is 11.9. The van der Waals surface area contributed by atoms with E-state index in [0.717, 1.165) is 13.0 Å². The number of carbonyl (C=O) groups excluding carboxylic acids is 1. The average molecular weight is 315 g/mol. The molecule has 2 heterocycles. The maximum atomic E-state index is 11.9. The zero-order chi connectivity index (χ0) is 13.1. The molecule has 98 valence electrons. The van der Waals surface area contributed by atoms with Crippen molar-refractivity contribution in [3.05, 3.63) is 27.1 Å². The van der Waals surface area contributed by atoms with Crippen LogP contribution < -0.4 is 10.7 Å². The van der Waals surface area contributed by atoms with Crippen molar-refractivity contribution in [2.75, 3.05) is 11.9 Å². The molecule has 1 atom stereocenters. The molecule has 5 nitrogen and oxygen atoms in total. The lowest BCUT2D eigenvalue weighted by molar-refractivity contribution is -0.124. The van der Waals surface area contributed by atoms with Gasteiger partial charge in [0, 0.05) is 25.5 Å². The molecule has 0 spiro atoms. The van der Waals surface area contributed by atoms with E-state index in [0.29, 0.717) is 17.5 Å². The van der Waals surface area contributed by atoms with Gasteiger partial charge in [0.15, 0.2) is 0 Å².